The number of rotatable bonds is 2. The van der Waals surface area contributed by atoms with Crippen LogP contribution in [0.15, 0.2) is 12.1 Å². The van der Waals surface area contributed by atoms with Crippen molar-refractivity contribution in [2.45, 2.75) is 83.0 Å². The third kappa shape index (κ3) is 3.38. The monoisotopic (exact) mass is 426 g/mol. The molecule has 10 heteroatoms. The van der Waals surface area contributed by atoms with Crippen LogP contribution in [-0.2, 0) is 22.0 Å². The van der Waals surface area contributed by atoms with Gasteiger partial charge in [0.05, 0.1) is 28.1 Å². The van der Waals surface area contributed by atoms with Crippen molar-refractivity contribution in [3.8, 4) is 0 Å². The third-order valence-electron chi connectivity index (χ3n) is 6.65. The summed E-state index contributed by atoms with van der Waals surface area (Å²) in [6.07, 6.45) is -4.24. The molecule has 2 N–H and O–H groups in total. The Labute approximate surface area is 173 Å². The Kier molecular flexibility index (Phi) is 4.55. The molecule has 2 fully saturated rings. The molecule has 1 saturated heterocycles. The number of amides is 2. The van der Waals surface area contributed by atoms with E-state index >= 15 is 0 Å². The van der Waals surface area contributed by atoms with Crippen molar-refractivity contribution >= 4 is 24.3 Å². The van der Waals surface area contributed by atoms with Crippen molar-refractivity contribution in [1.29, 1.82) is 0 Å². The molecule has 0 spiro atoms. The van der Waals surface area contributed by atoms with Crippen molar-refractivity contribution in [3.05, 3.63) is 23.3 Å². The molecule has 1 aromatic rings. The number of nitrogens with one attached hydrogen (secondary N) is 1. The van der Waals surface area contributed by atoms with Gasteiger partial charge in [-0.2, -0.15) is 13.2 Å². The van der Waals surface area contributed by atoms with Crippen molar-refractivity contribution < 1.29 is 32.4 Å². The summed E-state index contributed by atoms with van der Waals surface area (Å²) in [5, 5.41) is 12.7. The number of nitrogens with zero attached hydrogens (tertiary/aromatic N) is 1. The first-order valence-electron chi connectivity index (χ1n) is 10.0. The highest BCUT2D eigenvalue weighted by Gasteiger charge is 2.53. The smallest absolute Gasteiger partial charge is 0.399 e. The molecule has 6 nitrogen and oxygen atoms in total. The predicted octanol–water partition coefficient (Wildman–Crippen LogP) is 2.95. The number of carbonyl (C=O) groups is 1. The maximum Gasteiger partial charge on any atom is 0.494 e. The summed E-state index contributed by atoms with van der Waals surface area (Å²) in [6.45, 7) is 8.92. The highest BCUT2D eigenvalue weighted by molar-refractivity contribution is 6.62. The number of urea groups is 1. The van der Waals surface area contributed by atoms with Crippen LogP contribution >= 0.6 is 0 Å². The Bertz CT molecular complexity index is 877. The second-order valence-corrected chi connectivity index (χ2v) is 9.75. The minimum atomic E-state index is -4.67. The summed E-state index contributed by atoms with van der Waals surface area (Å²) in [7, 11) is -0.947. The Morgan fingerprint density at radius 3 is 2.20 bits per heavy atom. The van der Waals surface area contributed by atoms with Gasteiger partial charge in [-0.3, -0.25) is 4.90 Å². The summed E-state index contributed by atoms with van der Waals surface area (Å²) in [5.74, 6) is 0. The Morgan fingerprint density at radius 2 is 1.70 bits per heavy atom. The van der Waals surface area contributed by atoms with E-state index < -0.39 is 47.7 Å². The van der Waals surface area contributed by atoms with Gasteiger partial charge < -0.3 is 19.7 Å². The molecule has 0 unspecified atom stereocenters. The average molecular weight is 426 g/mol. The lowest BCUT2D eigenvalue weighted by Crippen LogP contribution is -2.60. The molecular weight excluding hydrogens is 400 g/mol. The Morgan fingerprint density at radius 1 is 1.13 bits per heavy atom. The molecule has 2 heterocycles. The molecular formula is C20H26BF3N2O4. The van der Waals surface area contributed by atoms with Gasteiger partial charge in [-0.1, -0.05) is 6.07 Å². The number of carbonyl (C=O) groups excluding carboxylic acids is 1. The van der Waals surface area contributed by atoms with E-state index in [0.717, 1.165) is 11.0 Å². The van der Waals surface area contributed by atoms with Crippen LogP contribution in [0, 0.1) is 0 Å². The van der Waals surface area contributed by atoms with Crippen molar-refractivity contribution in [2.24, 2.45) is 0 Å². The third-order valence-corrected chi connectivity index (χ3v) is 6.65. The molecule has 2 aliphatic heterocycles. The standard InChI is InChI=1S/C20H26BF3N2O4/c1-17(2)18(3,4)30-21(29-17)12-6-11-10-25-16(27)26(13-8-19(5,28)9-13)15(11)14(7-12)20(22,23)24/h6-7,13,28H,8-10H2,1-5H3,(H,25,27). The van der Waals surface area contributed by atoms with Crippen LogP contribution in [-0.4, -0.2) is 41.1 Å². The van der Waals surface area contributed by atoms with Crippen LogP contribution in [0.1, 0.15) is 58.6 Å². The van der Waals surface area contributed by atoms with Crippen LogP contribution in [0.5, 0.6) is 0 Å². The molecule has 0 radical (unpaired) electrons. The zero-order valence-corrected chi connectivity index (χ0v) is 17.7. The van der Waals surface area contributed by atoms with E-state index in [1.807, 2.05) is 27.7 Å². The first-order chi connectivity index (χ1) is 13.6. The average Bonchev–Trinajstić information content (AvgIpc) is 2.78. The zero-order valence-electron chi connectivity index (χ0n) is 17.7. The number of alkyl halides is 3. The number of fused-ring (bicyclic) bond motifs is 1. The molecule has 2 amide bonds. The van der Waals surface area contributed by atoms with Crippen molar-refractivity contribution in [2.75, 3.05) is 4.90 Å². The number of anilines is 1. The first kappa shape index (κ1) is 21.5. The van der Waals surface area contributed by atoms with Gasteiger partial charge >= 0.3 is 19.3 Å². The highest BCUT2D eigenvalue weighted by Crippen LogP contribution is 2.45. The van der Waals surface area contributed by atoms with Crippen LogP contribution in [0.25, 0.3) is 0 Å². The fourth-order valence-corrected chi connectivity index (χ4v) is 4.31. The van der Waals surface area contributed by atoms with Crippen molar-refractivity contribution in [1.82, 2.24) is 5.32 Å². The fourth-order valence-electron chi connectivity index (χ4n) is 4.31. The van der Waals surface area contributed by atoms with E-state index in [-0.39, 0.29) is 30.5 Å². The quantitative estimate of drug-likeness (QED) is 0.714. The zero-order chi connectivity index (χ0) is 22.3. The van der Waals surface area contributed by atoms with Gasteiger partial charge in [-0.25, -0.2) is 4.79 Å². The van der Waals surface area contributed by atoms with Crippen LogP contribution in [0.2, 0.25) is 0 Å². The molecule has 30 heavy (non-hydrogen) atoms. The second kappa shape index (κ2) is 6.37. The lowest BCUT2D eigenvalue weighted by atomic mass is 9.74. The lowest BCUT2D eigenvalue weighted by Gasteiger charge is -2.48. The maximum atomic E-state index is 14.1. The maximum absolute atomic E-state index is 14.1. The lowest BCUT2D eigenvalue weighted by molar-refractivity contribution is -0.137. The topological polar surface area (TPSA) is 71.0 Å². The highest BCUT2D eigenvalue weighted by atomic mass is 19.4. The summed E-state index contributed by atoms with van der Waals surface area (Å²) in [4.78, 5) is 13.7. The number of benzene rings is 1. The Hall–Kier alpha value is -1.78. The molecule has 0 atom stereocenters. The molecule has 1 aromatic carbocycles. The van der Waals surface area contributed by atoms with E-state index in [9.17, 15) is 23.1 Å². The molecule has 0 bridgehead atoms. The number of hydrogen-bond donors (Lipinski definition) is 2. The Balaban J connectivity index is 1.79. The second-order valence-electron chi connectivity index (χ2n) is 9.75. The van der Waals surface area contributed by atoms with E-state index in [1.54, 1.807) is 13.0 Å². The van der Waals surface area contributed by atoms with Gasteiger partial charge in [0.15, 0.2) is 0 Å². The van der Waals surface area contributed by atoms with Gasteiger partial charge in [-0.05, 0) is 64.6 Å². The first-order valence-corrected chi connectivity index (χ1v) is 10.0. The molecule has 3 aliphatic rings. The molecule has 164 valence electrons. The fraction of sp³-hybridized carbons (Fsp3) is 0.650. The van der Waals surface area contributed by atoms with Gasteiger partial charge in [0.1, 0.15) is 0 Å². The minimum Gasteiger partial charge on any atom is -0.399 e. The molecule has 4 rings (SSSR count). The largest absolute Gasteiger partial charge is 0.494 e. The molecule has 1 saturated carbocycles. The SMILES string of the molecule is CC1(O)CC(N2C(=O)NCc3cc(B4OC(C)(C)C(C)(C)O4)cc(C(F)(F)F)c32)C1. The summed E-state index contributed by atoms with van der Waals surface area (Å²) in [6, 6.07) is 1.54. The number of aliphatic hydroxyl groups is 1. The number of hydrogen-bond acceptors (Lipinski definition) is 4. The van der Waals surface area contributed by atoms with Crippen LogP contribution < -0.4 is 15.7 Å². The molecule has 1 aliphatic carbocycles. The van der Waals surface area contributed by atoms with E-state index in [0.29, 0.717) is 5.56 Å². The van der Waals surface area contributed by atoms with Crippen molar-refractivity contribution in [3.63, 3.8) is 0 Å². The van der Waals surface area contributed by atoms with Gasteiger partial charge in [-0.15, -0.1) is 0 Å². The number of halogens is 3. The van der Waals surface area contributed by atoms with Crippen LogP contribution in [0.3, 0.4) is 0 Å². The summed E-state index contributed by atoms with van der Waals surface area (Å²) < 4.78 is 54.2. The van der Waals surface area contributed by atoms with E-state index in [1.165, 1.54) is 0 Å². The van der Waals surface area contributed by atoms with Gasteiger partial charge in [0.25, 0.3) is 0 Å². The van der Waals surface area contributed by atoms with Gasteiger partial charge in [0.2, 0.25) is 0 Å². The normalized spacial score (nSPS) is 30.0. The summed E-state index contributed by atoms with van der Waals surface area (Å²) >= 11 is 0. The summed E-state index contributed by atoms with van der Waals surface area (Å²) in [5.41, 5.74) is -2.80. The van der Waals surface area contributed by atoms with E-state index in [4.69, 9.17) is 9.31 Å². The minimum absolute atomic E-state index is 0.0236. The van der Waals surface area contributed by atoms with Crippen LogP contribution in [0.4, 0.5) is 23.7 Å². The predicted molar refractivity (Wildman–Crippen MR) is 106 cm³/mol. The van der Waals surface area contributed by atoms with E-state index in [2.05, 4.69) is 5.32 Å². The van der Waals surface area contributed by atoms with Gasteiger partial charge in [0, 0.05) is 12.6 Å². The molecule has 0 aromatic heterocycles.